The van der Waals surface area contributed by atoms with Crippen molar-refractivity contribution in [2.75, 3.05) is 11.9 Å². The number of rotatable bonds is 6. The van der Waals surface area contributed by atoms with Crippen molar-refractivity contribution in [2.45, 2.75) is 27.2 Å². The van der Waals surface area contributed by atoms with E-state index in [9.17, 15) is 9.59 Å². The largest absolute Gasteiger partial charge is 0.462 e. The minimum atomic E-state index is -0.474. The van der Waals surface area contributed by atoms with Crippen molar-refractivity contribution in [3.05, 3.63) is 58.5 Å². The summed E-state index contributed by atoms with van der Waals surface area (Å²) in [6.45, 7) is 5.77. The van der Waals surface area contributed by atoms with E-state index in [-0.39, 0.29) is 18.9 Å². The number of nitrogens with zero attached hydrogens (tertiary/aromatic N) is 5. The monoisotopic (exact) mass is 436 g/mol. The van der Waals surface area contributed by atoms with Gasteiger partial charge in [0, 0.05) is 17.0 Å². The Morgan fingerprint density at radius 2 is 1.90 bits per heavy atom. The second-order valence-corrected chi connectivity index (χ2v) is 7.79. The van der Waals surface area contributed by atoms with Gasteiger partial charge in [-0.25, -0.2) is 19.3 Å². The molecule has 0 aliphatic heterocycles. The Hall–Kier alpha value is -3.66. The van der Waals surface area contributed by atoms with Gasteiger partial charge in [-0.05, 0) is 26.8 Å². The summed E-state index contributed by atoms with van der Waals surface area (Å²) >= 11 is 1.07. The van der Waals surface area contributed by atoms with Crippen LogP contribution < -0.4 is 5.32 Å². The molecule has 0 spiro atoms. The number of esters is 1. The van der Waals surface area contributed by atoms with E-state index >= 15 is 0 Å². The molecule has 0 bridgehead atoms. The van der Waals surface area contributed by atoms with Crippen LogP contribution in [0.2, 0.25) is 0 Å². The Kier molecular flexibility index (Phi) is 5.72. The van der Waals surface area contributed by atoms with Crippen LogP contribution in [0.15, 0.2) is 36.4 Å². The lowest BCUT2D eigenvalue weighted by atomic mass is 10.1. The number of anilines is 1. The van der Waals surface area contributed by atoms with Crippen molar-refractivity contribution in [2.24, 2.45) is 0 Å². The number of fused-ring (bicyclic) bond motifs is 1. The quantitative estimate of drug-likeness (QED) is 0.462. The number of nitrogens with one attached hydrogen (secondary N) is 1. The van der Waals surface area contributed by atoms with E-state index in [1.807, 2.05) is 50.2 Å². The van der Waals surface area contributed by atoms with Gasteiger partial charge in [0.15, 0.2) is 11.0 Å². The van der Waals surface area contributed by atoms with Crippen molar-refractivity contribution in [1.82, 2.24) is 24.6 Å². The number of carbonyl (C=O) groups excluding carboxylic acids is 2. The maximum Gasteiger partial charge on any atom is 0.350 e. The second kappa shape index (κ2) is 8.60. The predicted octanol–water partition coefficient (Wildman–Crippen LogP) is 3.22. The number of carbonyl (C=O) groups is 2. The van der Waals surface area contributed by atoms with Crippen LogP contribution in [0.1, 0.15) is 33.8 Å². The first-order valence-electron chi connectivity index (χ1n) is 9.67. The minimum Gasteiger partial charge on any atom is -0.462 e. The lowest BCUT2D eigenvalue weighted by Crippen LogP contribution is -2.15. The maximum atomic E-state index is 12.6. The maximum absolute atomic E-state index is 12.6. The molecule has 0 fully saturated rings. The fourth-order valence-electron chi connectivity index (χ4n) is 3.09. The number of benzene rings is 1. The molecule has 3 aromatic heterocycles. The highest BCUT2D eigenvalue weighted by Crippen LogP contribution is 2.31. The molecule has 0 aliphatic carbocycles. The number of hydrogen-bond donors (Lipinski definition) is 1. The summed E-state index contributed by atoms with van der Waals surface area (Å²) in [6.07, 6.45) is -0.0448. The first-order valence-corrected chi connectivity index (χ1v) is 10.5. The molecule has 9 nitrogen and oxygen atoms in total. The van der Waals surface area contributed by atoms with Crippen LogP contribution in [0.4, 0.5) is 5.13 Å². The van der Waals surface area contributed by atoms with Crippen LogP contribution in [-0.4, -0.2) is 43.0 Å². The van der Waals surface area contributed by atoms with Gasteiger partial charge in [-0.15, -0.1) is 5.10 Å². The normalized spacial score (nSPS) is 10.9. The average molecular weight is 436 g/mol. The number of aryl methyl sites for hydroxylation is 2. The van der Waals surface area contributed by atoms with E-state index in [0.29, 0.717) is 27.3 Å². The van der Waals surface area contributed by atoms with Crippen LogP contribution in [0.5, 0.6) is 0 Å². The third-order valence-electron chi connectivity index (χ3n) is 4.36. The molecule has 158 valence electrons. The van der Waals surface area contributed by atoms with Crippen molar-refractivity contribution >= 4 is 34.1 Å². The van der Waals surface area contributed by atoms with Gasteiger partial charge in [-0.1, -0.05) is 41.7 Å². The summed E-state index contributed by atoms with van der Waals surface area (Å²) < 4.78 is 6.75. The molecule has 0 saturated carbocycles. The molecule has 1 amide bonds. The minimum absolute atomic E-state index is 0.0448. The van der Waals surface area contributed by atoms with Gasteiger partial charge < -0.3 is 10.1 Å². The highest BCUT2D eigenvalue weighted by atomic mass is 32.1. The summed E-state index contributed by atoms with van der Waals surface area (Å²) in [4.78, 5) is 38.4. The number of aromatic nitrogens is 5. The van der Waals surface area contributed by atoms with Crippen LogP contribution in [0.3, 0.4) is 0 Å². The smallest absolute Gasteiger partial charge is 0.350 e. The Balaban J connectivity index is 1.57. The van der Waals surface area contributed by atoms with Crippen LogP contribution >= 0.6 is 11.3 Å². The van der Waals surface area contributed by atoms with Gasteiger partial charge in [0.1, 0.15) is 4.88 Å². The van der Waals surface area contributed by atoms with Crippen molar-refractivity contribution in [1.29, 1.82) is 0 Å². The highest BCUT2D eigenvalue weighted by molar-refractivity contribution is 7.18. The Bertz CT molecular complexity index is 1270. The number of ether oxygens (including phenoxy) is 1. The molecule has 0 aliphatic rings. The summed E-state index contributed by atoms with van der Waals surface area (Å²) in [5, 5.41) is 7.39. The van der Waals surface area contributed by atoms with Crippen molar-refractivity contribution in [3.63, 3.8) is 0 Å². The second-order valence-electron chi connectivity index (χ2n) is 6.79. The van der Waals surface area contributed by atoms with E-state index in [1.165, 1.54) is 0 Å². The third-order valence-corrected chi connectivity index (χ3v) is 5.31. The lowest BCUT2D eigenvalue weighted by molar-refractivity contribution is -0.115. The first kappa shape index (κ1) is 20.6. The zero-order valence-corrected chi connectivity index (χ0v) is 18.1. The topological polar surface area (TPSA) is 111 Å². The fourth-order valence-corrected chi connectivity index (χ4v) is 3.99. The van der Waals surface area contributed by atoms with Crippen LogP contribution in [-0.2, 0) is 16.0 Å². The molecule has 4 aromatic rings. The number of amides is 1. The van der Waals surface area contributed by atoms with E-state index < -0.39 is 5.97 Å². The molecule has 31 heavy (non-hydrogen) atoms. The summed E-state index contributed by atoms with van der Waals surface area (Å²) in [6, 6.07) is 11.2. The molecular weight excluding hydrogens is 416 g/mol. The number of thiazole rings is 1. The molecule has 1 N–H and O–H groups in total. The van der Waals surface area contributed by atoms with E-state index in [4.69, 9.17) is 4.74 Å². The Morgan fingerprint density at radius 1 is 1.13 bits per heavy atom. The molecule has 10 heteroatoms. The molecule has 4 rings (SSSR count). The Labute approximate surface area is 182 Å². The van der Waals surface area contributed by atoms with E-state index in [2.05, 4.69) is 25.4 Å². The van der Waals surface area contributed by atoms with Crippen LogP contribution in [0.25, 0.3) is 17.0 Å². The summed E-state index contributed by atoms with van der Waals surface area (Å²) in [5.74, 6) is -0.0120. The van der Waals surface area contributed by atoms with Gasteiger partial charge >= 0.3 is 5.97 Å². The van der Waals surface area contributed by atoms with Gasteiger partial charge in [0.25, 0.3) is 5.78 Å². The van der Waals surface area contributed by atoms with Gasteiger partial charge in [0.05, 0.1) is 18.7 Å². The molecule has 0 radical (unpaired) electrons. The van der Waals surface area contributed by atoms with Crippen molar-refractivity contribution in [3.8, 4) is 11.3 Å². The van der Waals surface area contributed by atoms with Gasteiger partial charge in [0.2, 0.25) is 5.91 Å². The van der Waals surface area contributed by atoms with Crippen molar-refractivity contribution < 1.29 is 14.3 Å². The molecule has 0 unspecified atom stereocenters. The summed E-state index contributed by atoms with van der Waals surface area (Å²) in [5.41, 5.74) is 2.95. The zero-order chi connectivity index (χ0) is 22.0. The molecular formula is C21H20N6O3S. The standard InChI is InChI=1S/C21H20N6O3S/c1-4-30-19(29)18-17(14-8-6-5-7-9-14)25-21(31-18)24-16(28)11-15-23-20-22-12(2)10-13(3)27(20)26-15/h5-10H,4,11H2,1-3H3,(H,24,25,28). The fraction of sp³-hybridized carbons (Fsp3) is 0.238. The van der Waals surface area contributed by atoms with Gasteiger partial charge in [-0.2, -0.15) is 4.98 Å². The average Bonchev–Trinajstić information content (AvgIpc) is 3.33. The third kappa shape index (κ3) is 4.43. The summed E-state index contributed by atoms with van der Waals surface area (Å²) in [7, 11) is 0. The van der Waals surface area contributed by atoms with E-state index in [1.54, 1.807) is 11.4 Å². The van der Waals surface area contributed by atoms with Crippen LogP contribution in [0, 0.1) is 13.8 Å². The van der Waals surface area contributed by atoms with Gasteiger partial charge in [-0.3, -0.25) is 4.79 Å². The Morgan fingerprint density at radius 3 is 2.65 bits per heavy atom. The zero-order valence-electron chi connectivity index (χ0n) is 17.2. The molecule has 3 heterocycles. The van der Waals surface area contributed by atoms with E-state index in [0.717, 1.165) is 28.3 Å². The molecule has 0 saturated heterocycles. The molecule has 1 aromatic carbocycles. The molecule has 0 atom stereocenters. The predicted molar refractivity (Wildman–Crippen MR) is 116 cm³/mol. The SMILES string of the molecule is CCOC(=O)c1sc(NC(=O)Cc2nc3nc(C)cc(C)n3n2)nc1-c1ccccc1. The highest BCUT2D eigenvalue weighted by Gasteiger charge is 2.22. The number of hydrogen-bond acceptors (Lipinski definition) is 8. The first-order chi connectivity index (χ1) is 14.9. The lowest BCUT2D eigenvalue weighted by Gasteiger charge is -2.01.